The minimum atomic E-state index is -0.179. The summed E-state index contributed by atoms with van der Waals surface area (Å²) in [6, 6.07) is 5.53. The fraction of sp³-hybridized carbons (Fsp3) is 0.625. The monoisotopic (exact) mass is 265 g/mol. The van der Waals surface area contributed by atoms with Crippen molar-refractivity contribution >= 4 is 0 Å². The van der Waals surface area contributed by atoms with Crippen molar-refractivity contribution < 1.29 is 9.13 Å². The highest BCUT2D eigenvalue weighted by Gasteiger charge is 2.20. The summed E-state index contributed by atoms with van der Waals surface area (Å²) in [4.78, 5) is 0. The Morgan fingerprint density at radius 3 is 2.84 bits per heavy atom. The highest BCUT2D eigenvalue weighted by Crippen LogP contribution is 2.23. The molecule has 3 heteroatoms. The maximum absolute atomic E-state index is 13.1. The van der Waals surface area contributed by atoms with Gasteiger partial charge in [-0.15, -0.1) is 0 Å². The summed E-state index contributed by atoms with van der Waals surface area (Å²) in [6.45, 7) is 5.56. The van der Waals surface area contributed by atoms with Gasteiger partial charge in [0, 0.05) is 12.6 Å². The Bertz CT molecular complexity index is 408. The van der Waals surface area contributed by atoms with Crippen LogP contribution in [0.5, 0.6) is 5.75 Å². The molecule has 1 fully saturated rings. The Morgan fingerprint density at radius 2 is 2.11 bits per heavy atom. The van der Waals surface area contributed by atoms with Crippen molar-refractivity contribution in [3.63, 3.8) is 0 Å². The van der Waals surface area contributed by atoms with Gasteiger partial charge in [-0.1, -0.05) is 19.8 Å². The van der Waals surface area contributed by atoms with Crippen LogP contribution < -0.4 is 10.1 Å². The lowest BCUT2D eigenvalue weighted by Crippen LogP contribution is -2.39. The van der Waals surface area contributed by atoms with Crippen molar-refractivity contribution in [2.75, 3.05) is 13.2 Å². The molecule has 1 aliphatic rings. The molecule has 0 aromatic heterocycles. The second kappa shape index (κ2) is 6.90. The maximum atomic E-state index is 13.1. The number of ether oxygens (including phenoxy) is 1. The van der Waals surface area contributed by atoms with Gasteiger partial charge in [0.05, 0.1) is 0 Å². The molecule has 1 N–H and O–H groups in total. The van der Waals surface area contributed by atoms with Crippen molar-refractivity contribution in [1.29, 1.82) is 0 Å². The normalized spacial score (nSPS) is 23.3. The second-order valence-corrected chi connectivity index (χ2v) is 5.58. The van der Waals surface area contributed by atoms with E-state index in [0.29, 0.717) is 18.2 Å². The zero-order chi connectivity index (χ0) is 13.7. The molecule has 2 rings (SSSR count). The summed E-state index contributed by atoms with van der Waals surface area (Å²) in [5.41, 5.74) is 0.631. The minimum absolute atomic E-state index is 0.179. The van der Waals surface area contributed by atoms with Crippen LogP contribution in [0.2, 0.25) is 0 Å². The highest BCUT2D eigenvalue weighted by molar-refractivity contribution is 5.28. The van der Waals surface area contributed by atoms with Gasteiger partial charge in [-0.2, -0.15) is 0 Å². The molecule has 1 saturated carbocycles. The summed E-state index contributed by atoms with van der Waals surface area (Å²) in [7, 11) is 0. The van der Waals surface area contributed by atoms with Gasteiger partial charge in [-0.05, 0) is 49.4 Å². The van der Waals surface area contributed by atoms with Crippen molar-refractivity contribution in [3.05, 3.63) is 29.6 Å². The Hall–Kier alpha value is -1.09. The number of benzene rings is 1. The van der Waals surface area contributed by atoms with E-state index >= 15 is 0 Å². The molecule has 2 atom stereocenters. The van der Waals surface area contributed by atoms with E-state index in [-0.39, 0.29) is 5.82 Å². The first-order valence-corrected chi connectivity index (χ1v) is 7.29. The van der Waals surface area contributed by atoms with Gasteiger partial charge >= 0.3 is 0 Å². The first-order chi connectivity index (χ1) is 9.16. The Morgan fingerprint density at radius 1 is 1.32 bits per heavy atom. The predicted octanol–water partition coefficient (Wildman–Crippen LogP) is 3.68. The molecular weight excluding hydrogens is 241 g/mol. The standard InChI is InChI=1S/C16H24FNO/c1-12-5-3-4-6-16(12)18-9-10-19-14-7-8-15(17)13(2)11-14/h7-8,11-12,16,18H,3-6,9-10H2,1-2H3. The molecule has 1 aromatic carbocycles. The molecule has 0 heterocycles. The zero-order valence-electron chi connectivity index (χ0n) is 11.9. The van der Waals surface area contributed by atoms with Crippen LogP contribution in [0, 0.1) is 18.7 Å². The second-order valence-electron chi connectivity index (χ2n) is 5.58. The Kier molecular flexibility index (Phi) is 5.20. The third-order valence-corrected chi connectivity index (χ3v) is 4.02. The van der Waals surface area contributed by atoms with E-state index in [1.165, 1.54) is 31.7 Å². The molecule has 0 radical (unpaired) electrons. The van der Waals surface area contributed by atoms with E-state index in [1.807, 2.05) is 0 Å². The molecule has 0 bridgehead atoms. The van der Waals surface area contributed by atoms with Crippen molar-refractivity contribution in [2.24, 2.45) is 5.92 Å². The van der Waals surface area contributed by atoms with Crippen molar-refractivity contribution in [1.82, 2.24) is 5.32 Å². The van der Waals surface area contributed by atoms with Gasteiger partial charge in [0.25, 0.3) is 0 Å². The van der Waals surface area contributed by atoms with Gasteiger partial charge in [0.15, 0.2) is 0 Å². The minimum Gasteiger partial charge on any atom is -0.492 e. The van der Waals surface area contributed by atoms with E-state index in [2.05, 4.69) is 12.2 Å². The zero-order valence-corrected chi connectivity index (χ0v) is 11.9. The van der Waals surface area contributed by atoms with Crippen LogP contribution in [0.15, 0.2) is 18.2 Å². The largest absolute Gasteiger partial charge is 0.492 e. The molecule has 0 amide bonds. The molecule has 1 aliphatic carbocycles. The molecular formula is C16H24FNO. The van der Waals surface area contributed by atoms with E-state index in [0.717, 1.165) is 18.2 Å². The van der Waals surface area contributed by atoms with Crippen molar-refractivity contribution in [3.8, 4) is 5.75 Å². The molecule has 2 unspecified atom stereocenters. The van der Waals surface area contributed by atoms with Gasteiger partial charge in [-0.3, -0.25) is 0 Å². The Labute approximate surface area is 115 Å². The molecule has 0 aliphatic heterocycles. The van der Waals surface area contributed by atoms with Crippen LogP contribution in [-0.2, 0) is 0 Å². The van der Waals surface area contributed by atoms with Crippen LogP contribution in [0.4, 0.5) is 4.39 Å². The maximum Gasteiger partial charge on any atom is 0.126 e. The fourth-order valence-corrected chi connectivity index (χ4v) is 2.74. The number of nitrogens with one attached hydrogen (secondary N) is 1. The summed E-state index contributed by atoms with van der Waals surface area (Å²) in [5.74, 6) is 1.33. The summed E-state index contributed by atoms with van der Waals surface area (Å²) >= 11 is 0. The third kappa shape index (κ3) is 4.20. The highest BCUT2D eigenvalue weighted by atomic mass is 19.1. The van der Waals surface area contributed by atoms with Crippen LogP contribution in [0.1, 0.15) is 38.2 Å². The third-order valence-electron chi connectivity index (χ3n) is 4.02. The molecule has 0 spiro atoms. The molecule has 19 heavy (non-hydrogen) atoms. The van der Waals surface area contributed by atoms with Crippen molar-refractivity contribution in [2.45, 2.75) is 45.6 Å². The van der Waals surface area contributed by atoms with Crippen LogP contribution in [-0.4, -0.2) is 19.2 Å². The van der Waals surface area contributed by atoms with Crippen LogP contribution in [0.25, 0.3) is 0 Å². The number of aryl methyl sites for hydroxylation is 1. The van der Waals surface area contributed by atoms with Crippen LogP contribution in [0.3, 0.4) is 0 Å². The average Bonchev–Trinajstić information content (AvgIpc) is 2.40. The molecule has 1 aromatic rings. The lowest BCUT2D eigenvalue weighted by atomic mass is 9.86. The van der Waals surface area contributed by atoms with Gasteiger partial charge < -0.3 is 10.1 Å². The molecule has 0 saturated heterocycles. The average molecular weight is 265 g/mol. The van der Waals surface area contributed by atoms with Gasteiger partial charge in [0.2, 0.25) is 0 Å². The SMILES string of the molecule is Cc1cc(OCCNC2CCCCC2C)ccc1F. The predicted molar refractivity (Wildman–Crippen MR) is 76.1 cm³/mol. The smallest absolute Gasteiger partial charge is 0.126 e. The van der Waals surface area contributed by atoms with E-state index in [4.69, 9.17) is 4.74 Å². The summed E-state index contributed by atoms with van der Waals surface area (Å²) < 4.78 is 18.7. The quantitative estimate of drug-likeness (QED) is 0.820. The first kappa shape index (κ1) is 14.3. The number of hydrogen-bond acceptors (Lipinski definition) is 2. The lowest BCUT2D eigenvalue weighted by Gasteiger charge is -2.29. The molecule has 2 nitrogen and oxygen atoms in total. The summed E-state index contributed by atoms with van der Waals surface area (Å²) in [5, 5.41) is 3.57. The topological polar surface area (TPSA) is 21.3 Å². The number of rotatable bonds is 5. The number of hydrogen-bond donors (Lipinski definition) is 1. The summed E-state index contributed by atoms with van der Waals surface area (Å²) in [6.07, 6.45) is 5.30. The van der Waals surface area contributed by atoms with E-state index in [1.54, 1.807) is 19.1 Å². The van der Waals surface area contributed by atoms with E-state index in [9.17, 15) is 4.39 Å². The van der Waals surface area contributed by atoms with Crippen LogP contribution >= 0.6 is 0 Å². The molecule has 106 valence electrons. The lowest BCUT2D eigenvalue weighted by molar-refractivity contribution is 0.251. The fourth-order valence-electron chi connectivity index (χ4n) is 2.74. The van der Waals surface area contributed by atoms with Gasteiger partial charge in [-0.25, -0.2) is 4.39 Å². The van der Waals surface area contributed by atoms with Gasteiger partial charge in [0.1, 0.15) is 18.2 Å². The van der Waals surface area contributed by atoms with E-state index < -0.39 is 0 Å². The first-order valence-electron chi connectivity index (χ1n) is 7.29. The Balaban J connectivity index is 1.70. The number of halogens is 1.